The number of aromatic nitrogens is 2. The number of hydrogen-bond donors (Lipinski definition) is 3. The maximum Gasteiger partial charge on any atom is 0.239 e. The molecule has 0 bridgehead atoms. The summed E-state index contributed by atoms with van der Waals surface area (Å²) < 4.78 is 0. The molecule has 6 nitrogen and oxygen atoms in total. The van der Waals surface area contributed by atoms with Crippen LogP contribution in [-0.2, 0) is 4.79 Å². The summed E-state index contributed by atoms with van der Waals surface area (Å²) >= 11 is 0. The molecule has 1 amide bonds. The average Bonchev–Trinajstić information content (AvgIpc) is 2.37. The fraction of sp³-hybridized carbons (Fsp3) is 0.583. The highest BCUT2D eigenvalue weighted by molar-refractivity contribution is 5.80. The molecular formula is C12H21N5O. The molecule has 100 valence electrons. The molecule has 1 rings (SSSR count). The minimum absolute atomic E-state index is 0.0279. The Morgan fingerprint density at radius 2 is 1.89 bits per heavy atom. The highest BCUT2D eigenvalue weighted by Gasteiger charge is 2.07. The molecule has 6 heteroatoms. The van der Waals surface area contributed by atoms with Gasteiger partial charge in [-0.3, -0.25) is 4.79 Å². The molecule has 3 N–H and O–H groups in total. The van der Waals surface area contributed by atoms with Crippen LogP contribution >= 0.6 is 0 Å². The maximum atomic E-state index is 11.5. The smallest absolute Gasteiger partial charge is 0.239 e. The van der Waals surface area contributed by atoms with Crippen molar-refractivity contribution in [3.8, 4) is 0 Å². The molecule has 0 fully saturated rings. The van der Waals surface area contributed by atoms with E-state index in [0.717, 1.165) is 24.3 Å². The SMILES string of the molecule is CCCNC(=O)CNc1ncnc(NCC)c1C. The van der Waals surface area contributed by atoms with Gasteiger partial charge in [0.15, 0.2) is 0 Å². The van der Waals surface area contributed by atoms with Crippen LogP contribution in [0.3, 0.4) is 0 Å². The highest BCUT2D eigenvalue weighted by atomic mass is 16.1. The molecule has 0 saturated heterocycles. The second-order valence-corrected chi connectivity index (χ2v) is 3.93. The monoisotopic (exact) mass is 251 g/mol. The highest BCUT2D eigenvalue weighted by Crippen LogP contribution is 2.17. The van der Waals surface area contributed by atoms with Gasteiger partial charge in [0.2, 0.25) is 5.91 Å². The van der Waals surface area contributed by atoms with Crippen molar-refractivity contribution in [2.45, 2.75) is 27.2 Å². The number of anilines is 2. The largest absolute Gasteiger partial charge is 0.370 e. The maximum absolute atomic E-state index is 11.5. The van der Waals surface area contributed by atoms with Crippen molar-refractivity contribution in [2.24, 2.45) is 0 Å². The number of rotatable bonds is 7. The molecule has 1 aromatic rings. The van der Waals surface area contributed by atoms with E-state index in [1.54, 1.807) is 0 Å². The number of nitrogens with zero attached hydrogens (tertiary/aromatic N) is 2. The third-order valence-electron chi connectivity index (χ3n) is 2.42. The molecule has 0 aliphatic carbocycles. The predicted molar refractivity (Wildman–Crippen MR) is 72.7 cm³/mol. The normalized spacial score (nSPS) is 9.94. The van der Waals surface area contributed by atoms with Gasteiger partial charge in [-0.25, -0.2) is 9.97 Å². The first-order valence-electron chi connectivity index (χ1n) is 6.25. The number of amides is 1. The Balaban J connectivity index is 2.56. The predicted octanol–water partition coefficient (Wildman–Crippen LogP) is 1.15. The van der Waals surface area contributed by atoms with E-state index < -0.39 is 0 Å². The van der Waals surface area contributed by atoms with Crippen molar-refractivity contribution in [2.75, 3.05) is 30.3 Å². The van der Waals surface area contributed by atoms with Crippen molar-refractivity contribution < 1.29 is 4.79 Å². The topological polar surface area (TPSA) is 78.9 Å². The van der Waals surface area contributed by atoms with E-state index >= 15 is 0 Å². The van der Waals surface area contributed by atoms with Crippen LogP contribution in [-0.4, -0.2) is 35.5 Å². The van der Waals surface area contributed by atoms with Crippen LogP contribution in [0.25, 0.3) is 0 Å². The molecule has 0 spiro atoms. The van der Waals surface area contributed by atoms with Gasteiger partial charge in [-0.2, -0.15) is 0 Å². The van der Waals surface area contributed by atoms with Gasteiger partial charge >= 0.3 is 0 Å². The van der Waals surface area contributed by atoms with Gasteiger partial charge < -0.3 is 16.0 Å². The third kappa shape index (κ3) is 4.20. The quantitative estimate of drug-likeness (QED) is 0.677. The summed E-state index contributed by atoms with van der Waals surface area (Å²) in [6, 6.07) is 0. The van der Waals surface area contributed by atoms with Crippen LogP contribution < -0.4 is 16.0 Å². The van der Waals surface area contributed by atoms with Gasteiger partial charge in [-0.1, -0.05) is 6.92 Å². The van der Waals surface area contributed by atoms with E-state index in [4.69, 9.17) is 0 Å². The van der Waals surface area contributed by atoms with E-state index in [-0.39, 0.29) is 12.5 Å². The van der Waals surface area contributed by atoms with Crippen molar-refractivity contribution in [1.29, 1.82) is 0 Å². The van der Waals surface area contributed by atoms with Gasteiger partial charge in [0.1, 0.15) is 18.0 Å². The van der Waals surface area contributed by atoms with Crippen molar-refractivity contribution in [1.82, 2.24) is 15.3 Å². The van der Waals surface area contributed by atoms with Crippen LogP contribution in [0.2, 0.25) is 0 Å². The van der Waals surface area contributed by atoms with Crippen LogP contribution in [0.1, 0.15) is 25.8 Å². The number of carbonyl (C=O) groups excluding carboxylic acids is 1. The Hall–Kier alpha value is -1.85. The summed E-state index contributed by atoms with van der Waals surface area (Å²) in [5, 5.41) is 8.97. The molecule has 18 heavy (non-hydrogen) atoms. The molecule has 0 unspecified atom stereocenters. The second-order valence-electron chi connectivity index (χ2n) is 3.93. The fourth-order valence-corrected chi connectivity index (χ4v) is 1.46. The number of nitrogens with one attached hydrogen (secondary N) is 3. The van der Waals surface area contributed by atoms with Crippen LogP contribution in [0.15, 0.2) is 6.33 Å². The zero-order valence-corrected chi connectivity index (χ0v) is 11.2. The van der Waals surface area contributed by atoms with Gasteiger partial charge in [-0.05, 0) is 20.3 Å². The standard InChI is InChI=1S/C12H21N5O/c1-4-6-14-10(18)7-15-12-9(3)11(13-5-2)16-8-17-12/h8H,4-7H2,1-3H3,(H,14,18)(H2,13,15,16,17). The fourth-order valence-electron chi connectivity index (χ4n) is 1.46. The van der Waals surface area contributed by atoms with Gasteiger partial charge in [0.05, 0.1) is 6.54 Å². The Morgan fingerprint density at radius 3 is 2.50 bits per heavy atom. The van der Waals surface area contributed by atoms with Crippen LogP contribution in [0, 0.1) is 6.92 Å². The lowest BCUT2D eigenvalue weighted by Crippen LogP contribution is -2.30. The van der Waals surface area contributed by atoms with Crippen LogP contribution in [0.5, 0.6) is 0 Å². The van der Waals surface area contributed by atoms with Crippen molar-refractivity contribution in [3.63, 3.8) is 0 Å². The minimum atomic E-state index is -0.0279. The van der Waals surface area contributed by atoms with Crippen molar-refractivity contribution in [3.05, 3.63) is 11.9 Å². The average molecular weight is 251 g/mol. The molecule has 0 radical (unpaired) electrons. The molecule has 0 aromatic carbocycles. The Morgan fingerprint density at radius 1 is 1.22 bits per heavy atom. The summed E-state index contributed by atoms with van der Waals surface area (Å²) in [4.78, 5) is 19.7. The Labute approximate surface area is 108 Å². The summed E-state index contributed by atoms with van der Waals surface area (Å²) in [6.07, 6.45) is 2.42. The molecule has 0 saturated carbocycles. The summed E-state index contributed by atoms with van der Waals surface area (Å²) in [7, 11) is 0. The minimum Gasteiger partial charge on any atom is -0.370 e. The van der Waals surface area contributed by atoms with Crippen LogP contribution in [0.4, 0.5) is 11.6 Å². The Kier molecular flexibility index (Phi) is 5.90. The number of carbonyl (C=O) groups is 1. The van der Waals surface area contributed by atoms with Gasteiger partial charge in [0, 0.05) is 18.7 Å². The lowest BCUT2D eigenvalue weighted by atomic mass is 10.3. The number of hydrogen-bond acceptors (Lipinski definition) is 5. The molecule has 0 aliphatic rings. The molecule has 1 heterocycles. The lowest BCUT2D eigenvalue weighted by molar-refractivity contribution is -0.119. The molecule has 0 aliphatic heterocycles. The zero-order chi connectivity index (χ0) is 13.4. The van der Waals surface area contributed by atoms with Crippen molar-refractivity contribution >= 4 is 17.5 Å². The first-order chi connectivity index (χ1) is 8.69. The summed E-state index contributed by atoms with van der Waals surface area (Å²) in [5.41, 5.74) is 0.919. The summed E-state index contributed by atoms with van der Waals surface area (Å²) in [6.45, 7) is 7.67. The van der Waals surface area contributed by atoms with Gasteiger partial charge in [-0.15, -0.1) is 0 Å². The first kappa shape index (κ1) is 14.2. The molecular weight excluding hydrogens is 230 g/mol. The molecule has 1 aromatic heterocycles. The second kappa shape index (κ2) is 7.47. The first-order valence-corrected chi connectivity index (χ1v) is 6.25. The van der Waals surface area contributed by atoms with E-state index in [1.807, 2.05) is 20.8 Å². The van der Waals surface area contributed by atoms with E-state index in [9.17, 15) is 4.79 Å². The molecule has 0 atom stereocenters. The van der Waals surface area contributed by atoms with E-state index in [2.05, 4.69) is 25.9 Å². The summed E-state index contributed by atoms with van der Waals surface area (Å²) in [5.74, 6) is 1.46. The van der Waals surface area contributed by atoms with E-state index in [0.29, 0.717) is 12.4 Å². The van der Waals surface area contributed by atoms with Gasteiger partial charge in [0.25, 0.3) is 0 Å². The third-order valence-corrected chi connectivity index (χ3v) is 2.42. The van der Waals surface area contributed by atoms with E-state index in [1.165, 1.54) is 6.33 Å². The Bertz CT molecular complexity index is 394. The zero-order valence-electron chi connectivity index (χ0n) is 11.2. The lowest BCUT2D eigenvalue weighted by Gasteiger charge is -2.11.